The van der Waals surface area contributed by atoms with Gasteiger partial charge in [-0.15, -0.1) is 0 Å². The molecular weight excluding hydrogens is 202 g/mol. The molecule has 3 nitrogen and oxygen atoms in total. The maximum Gasteiger partial charge on any atom is 0.0799 e. The molecule has 0 saturated carbocycles. The molecule has 90 valence electrons. The molecule has 1 aliphatic heterocycles. The maximum atomic E-state index is 9.99. The van der Waals surface area contributed by atoms with Crippen molar-refractivity contribution in [2.75, 3.05) is 19.6 Å². The molecule has 2 rings (SSSR count). The van der Waals surface area contributed by atoms with Crippen LogP contribution in [-0.2, 0) is 0 Å². The van der Waals surface area contributed by atoms with Crippen molar-refractivity contribution >= 4 is 0 Å². The number of hydrogen-bond donors (Lipinski definition) is 2. The minimum atomic E-state index is -0.371. The number of rotatable bonds is 4. The molecule has 1 heterocycles. The Morgan fingerprint density at radius 3 is 2.75 bits per heavy atom. The van der Waals surface area contributed by atoms with Crippen molar-refractivity contribution in [2.24, 2.45) is 0 Å². The van der Waals surface area contributed by atoms with Crippen molar-refractivity contribution in [3.63, 3.8) is 0 Å². The van der Waals surface area contributed by atoms with Crippen LogP contribution in [0.3, 0.4) is 0 Å². The lowest BCUT2D eigenvalue weighted by atomic mass is 9.99. The number of aliphatic hydroxyl groups excluding tert-OH is 2. The smallest absolute Gasteiger partial charge is 0.0799 e. The first-order valence-corrected chi connectivity index (χ1v) is 6.22. The summed E-state index contributed by atoms with van der Waals surface area (Å²) in [5, 5.41) is 19.3. The second-order valence-electron chi connectivity index (χ2n) is 4.72. The van der Waals surface area contributed by atoms with E-state index in [9.17, 15) is 10.2 Å². The van der Waals surface area contributed by atoms with E-state index in [0.29, 0.717) is 6.42 Å². The number of likely N-dealkylation sites (tertiary alicyclic amines) is 1. The van der Waals surface area contributed by atoms with Crippen LogP contribution in [0.2, 0.25) is 0 Å². The highest BCUT2D eigenvalue weighted by atomic mass is 16.3. The average Bonchev–Trinajstić information content (AvgIpc) is 2.80. The molecule has 0 amide bonds. The Morgan fingerprint density at radius 1 is 1.38 bits per heavy atom. The lowest BCUT2D eigenvalue weighted by Gasteiger charge is -2.20. The van der Waals surface area contributed by atoms with E-state index in [4.69, 9.17) is 0 Å². The summed E-state index contributed by atoms with van der Waals surface area (Å²) in [4.78, 5) is 2.41. The highest BCUT2D eigenvalue weighted by Gasteiger charge is 2.16. The summed E-state index contributed by atoms with van der Waals surface area (Å²) < 4.78 is 0. The summed E-state index contributed by atoms with van der Waals surface area (Å²) in [5.74, 6) is 0. The van der Waals surface area contributed by atoms with E-state index < -0.39 is 0 Å². The third-order valence-corrected chi connectivity index (χ3v) is 3.41. The van der Waals surface area contributed by atoms with Gasteiger partial charge >= 0.3 is 0 Å². The largest absolute Gasteiger partial charge is 0.389 e. The van der Waals surface area contributed by atoms with Gasteiger partial charge in [0.25, 0.3) is 0 Å². The number of nitrogens with zero attached hydrogens (tertiary/aromatic N) is 1. The lowest BCUT2D eigenvalue weighted by molar-refractivity contribution is 0.177. The summed E-state index contributed by atoms with van der Waals surface area (Å²) in [6, 6.07) is 0. The molecule has 1 aliphatic carbocycles. The molecule has 0 radical (unpaired) electrons. The van der Waals surface area contributed by atoms with Gasteiger partial charge in [-0.25, -0.2) is 0 Å². The van der Waals surface area contributed by atoms with Gasteiger partial charge < -0.3 is 15.1 Å². The zero-order valence-corrected chi connectivity index (χ0v) is 9.68. The summed E-state index contributed by atoms with van der Waals surface area (Å²) in [5.41, 5.74) is 0.962. The minimum Gasteiger partial charge on any atom is -0.389 e. The van der Waals surface area contributed by atoms with Gasteiger partial charge in [0, 0.05) is 6.54 Å². The van der Waals surface area contributed by atoms with Crippen LogP contribution >= 0.6 is 0 Å². The van der Waals surface area contributed by atoms with E-state index in [1.807, 2.05) is 12.2 Å². The van der Waals surface area contributed by atoms with Crippen LogP contribution in [0.5, 0.6) is 0 Å². The van der Waals surface area contributed by atoms with Gasteiger partial charge in [0.15, 0.2) is 0 Å². The standard InChI is InChI=1S/C13H21NO2/c15-12-5-3-11(4-6-12)13(16)7-10-14-8-1-2-9-14/h3-5,12-13,15-16H,1-2,6-10H2. The van der Waals surface area contributed by atoms with Crippen molar-refractivity contribution in [1.82, 2.24) is 4.90 Å². The Balaban J connectivity index is 1.75. The molecule has 3 heteroatoms. The van der Waals surface area contributed by atoms with Crippen molar-refractivity contribution in [1.29, 1.82) is 0 Å². The molecule has 2 aliphatic rings. The van der Waals surface area contributed by atoms with Crippen LogP contribution in [0.1, 0.15) is 25.7 Å². The molecule has 2 N–H and O–H groups in total. The molecule has 0 aromatic heterocycles. The van der Waals surface area contributed by atoms with E-state index >= 15 is 0 Å². The van der Waals surface area contributed by atoms with Crippen LogP contribution in [0.15, 0.2) is 23.8 Å². The summed E-state index contributed by atoms with van der Waals surface area (Å²) >= 11 is 0. The Morgan fingerprint density at radius 2 is 2.12 bits per heavy atom. The van der Waals surface area contributed by atoms with Gasteiger partial charge in [-0.3, -0.25) is 0 Å². The molecule has 1 fully saturated rings. The van der Waals surface area contributed by atoms with Crippen LogP contribution in [-0.4, -0.2) is 47.0 Å². The quantitative estimate of drug-likeness (QED) is 0.749. The van der Waals surface area contributed by atoms with E-state index in [-0.39, 0.29) is 12.2 Å². The molecule has 0 aromatic rings. The monoisotopic (exact) mass is 223 g/mol. The molecule has 2 atom stereocenters. The Bertz CT molecular complexity index is 280. The van der Waals surface area contributed by atoms with Gasteiger partial charge in [0.2, 0.25) is 0 Å². The molecular formula is C13H21NO2. The predicted molar refractivity (Wildman–Crippen MR) is 64.1 cm³/mol. The number of aliphatic hydroxyl groups is 2. The topological polar surface area (TPSA) is 43.7 Å². The minimum absolute atomic E-state index is 0.366. The van der Waals surface area contributed by atoms with E-state index in [1.54, 1.807) is 6.08 Å². The van der Waals surface area contributed by atoms with E-state index in [1.165, 1.54) is 25.9 Å². The van der Waals surface area contributed by atoms with Gasteiger partial charge in [-0.2, -0.15) is 0 Å². The van der Waals surface area contributed by atoms with Gasteiger partial charge in [0.1, 0.15) is 0 Å². The zero-order valence-electron chi connectivity index (χ0n) is 9.68. The van der Waals surface area contributed by atoms with Gasteiger partial charge in [-0.05, 0) is 44.3 Å². The summed E-state index contributed by atoms with van der Waals surface area (Å²) in [6.07, 6.45) is 8.84. The van der Waals surface area contributed by atoms with Gasteiger partial charge in [0.05, 0.1) is 12.2 Å². The highest BCUT2D eigenvalue weighted by Crippen LogP contribution is 2.17. The predicted octanol–water partition coefficient (Wildman–Crippen LogP) is 1.08. The Kier molecular flexibility index (Phi) is 4.16. The SMILES string of the molecule is OC1C=CC(C(O)CCN2CCCC2)=CC1. The molecule has 0 spiro atoms. The molecule has 16 heavy (non-hydrogen) atoms. The van der Waals surface area contributed by atoms with Crippen LogP contribution < -0.4 is 0 Å². The third kappa shape index (κ3) is 3.17. The van der Waals surface area contributed by atoms with E-state index in [2.05, 4.69) is 4.90 Å². The first kappa shape index (κ1) is 11.8. The maximum absolute atomic E-state index is 9.99. The summed E-state index contributed by atoms with van der Waals surface area (Å²) in [7, 11) is 0. The average molecular weight is 223 g/mol. The Labute approximate surface area is 97.1 Å². The number of hydrogen-bond acceptors (Lipinski definition) is 3. The van der Waals surface area contributed by atoms with Crippen LogP contribution in [0, 0.1) is 0 Å². The molecule has 1 saturated heterocycles. The van der Waals surface area contributed by atoms with E-state index in [0.717, 1.165) is 18.5 Å². The lowest BCUT2D eigenvalue weighted by Crippen LogP contribution is -2.25. The fourth-order valence-corrected chi connectivity index (χ4v) is 2.35. The molecule has 2 unspecified atom stereocenters. The summed E-state index contributed by atoms with van der Waals surface area (Å²) in [6.45, 7) is 3.34. The molecule has 0 aromatic carbocycles. The second kappa shape index (κ2) is 5.62. The van der Waals surface area contributed by atoms with Crippen molar-refractivity contribution in [3.8, 4) is 0 Å². The zero-order chi connectivity index (χ0) is 11.4. The molecule has 0 bridgehead atoms. The van der Waals surface area contributed by atoms with Gasteiger partial charge in [-0.1, -0.05) is 18.2 Å². The van der Waals surface area contributed by atoms with Crippen molar-refractivity contribution < 1.29 is 10.2 Å². The Hall–Kier alpha value is -0.640. The normalized spacial score (nSPS) is 28.1. The van der Waals surface area contributed by atoms with Crippen LogP contribution in [0.25, 0.3) is 0 Å². The first-order valence-electron chi connectivity index (χ1n) is 6.22. The fourth-order valence-electron chi connectivity index (χ4n) is 2.35. The van der Waals surface area contributed by atoms with Crippen LogP contribution in [0.4, 0.5) is 0 Å². The first-order chi connectivity index (χ1) is 7.75. The third-order valence-electron chi connectivity index (χ3n) is 3.41. The highest BCUT2D eigenvalue weighted by molar-refractivity contribution is 5.27. The second-order valence-corrected chi connectivity index (χ2v) is 4.72. The van der Waals surface area contributed by atoms with Crippen molar-refractivity contribution in [2.45, 2.75) is 37.9 Å². The van der Waals surface area contributed by atoms with Crippen molar-refractivity contribution in [3.05, 3.63) is 23.8 Å². The fraction of sp³-hybridized carbons (Fsp3) is 0.692.